The molecule has 0 bridgehead atoms. The fourth-order valence-corrected chi connectivity index (χ4v) is 2.38. The number of hydrogen-bond donors (Lipinski definition) is 1. The minimum absolute atomic E-state index is 0.0774. The van der Waals surface area contributed by atoms with Crippen LogP contribution in [0.15, 0.2) is 12.3 Å². The predicted molar refractivity (Wildman–Crippen MR) is 77.6 cm³/mol. The number of nitrogens with zero attached hydrogens (tertiary/aromatic N) is 3. The van der Waals surface area contributed by atoms with E-state index in [0.29, 0.717) is 5.92 Å². The summed E-state index contributed by atoms with van der Waals surface area (Å²) in [6.45, 7) is 7.53. The lowest BCUT2D eigenvalue weighted by Gasteiger charge is -2.40. The molecule has 0 unspecified atom stereocenters. The van der Waals surface area contributed by atoms with Gasteiger partial charge >= 0.3 is 0 Å². The first-order chi connectivity index (χ1) is 9.42. The molecule has 108 valence electrons. The molecule has 3 rings (SSSR count). The van der Waals surface area contributed by atoms with Crippen molar-refractivity contribution < 1.29 is 4.79 Å². The maximum absolute atomic E-state index is 12.0. The third-order valence-electron chi connectivity index (χ3n) is 3.68. The molecule has 2 heterocycles. The smallest absolute Gasteiger partial charge is 0.227 e. The highest BCUT2D eigenvalue weighted by Crippen LogP contribution is 2.38. The van der Waals surface area contributed by atoms with Gasteiger partial charge in [0.25, 0.3) is 0 Å². The molecular weight excluding hydrogens is 252 g/mol. The van der Waals surface area contributed by atoms with Crippen LogP contribution in [0.1, 0.15) is 45.4 Å². The van der Waals surface area contributed by atoms with Gasteiger partial charge in [0, 0.05) is 30.7 Å². The lowest BCUT2D eigenvalue weighted by Crippen LogP contribution is -2.56. The predicted octanol–water partition coefficient (Wildman–Crippen LogP) is 1.70. The molecular formula is C15H22N4O. The standard InChI is InChI=1S/C15H22N4O/c1-15(2,3)18-14(20)11-8-19(9-11)12-6-7-16-13(17-12)10-4-5-10/h6-7,10-11H,4-5,8-9H2,1-3H3,(H,18,20). The molecule has 1 saturated carbocycles. The van der Waals surface area contributed by atoms with Crippen molar-refractivity contribution in [2.45, 2.75) is 45.1 Å². The molecule has 1 N–H and O–H groups in total. The van der Waals surface area contributed by atoms with Crippen LogP contribution in [0.4, 0.5) is 5.82 Å². The molecule has 2 aliphatic rings. The van der Waals surface area contributed by atoms with Crippen LogP contribution >= 0.6 is 0 Å². The van der Waals surface area contributed by atoms with Crippen molar-refractivity contribution in [2.75, 3.05) is 18.0 Å². The Balaban J connectivity index is 1.57. The monoisotopic (exact) mass is 274 g/mol. The number of amides is 1. The molecule has 0 spiro atoms. The zero-order chi connectivity index (χ0) is 14.3. The van der Waals surface area contributed by atoms with Crippen LogP contribution in [0.3, 0.4) is 0 Å². The number of nitrogens with one attached hydrogen (secondary N) is 1. The Morgan fingerprint density at radius 1 is 1.35 bits per heavy atom. The fourth-order valence-electron chi connectivity index (χ4n) is 2.38. The second-order valence-electron chi connectivity index (χ2n) is 6.89. The maximum atomic E-state index is 12.0. The average Bonchev–Trinajstić information content (AvgIpc) is 3.08. The second-order valence-corrected chi connectivity index (χ2v) is 6.89. The van der Waals surface area contributed by atoms with Crippen molar-refractivity contribution >= 4 is 11.7 Å². The molecule has 1 saturated heterocycles. The molecule has 1 aliphatic carbocycles. The topological polar surface area (TPSA) is 58.1 Å². The summed E-state index contributed by atoms with van der Waals surface area (Å²) in [5.41, 5.74) is -0.161. The van der Waals surface area contributed by atoms with E-state index < -0.39 is 0 Å². The van der Waals surface area contributed by atoms with Gasteiger partial charge in [0.15, 0.2) is 0 Å². The number of aromatic nitrogens is 2. The van der Waals surface area contributed by atoms with Crippen LogP contribution in [0.2, 0.25) is 0 Å². The highest BCUT2D eigenvalue weighted by Gasteiger charge is 2.35. The molecule has 1 aromatic rings. The van der Waals surface area contributed by atoms with Crippen molar-refractivity contribution in [3.63, 3.8) is 0 Å². The number of carbonyl (C=O) groups excluding carboxylic acids is 1. The summed E-state index contributed by atoms with van der Waals surface area (Å²) in [6, 6.07) is 1.93. The highest BCUT2D eigenvalue weighted by atomic mass is 16.2. The summed E-state index contributed by atoms with van der Waals surface area (Å²) in [5, 5.41) is 3.03. The van der Waals surface area contributed by atoms with Gasteiger partial charge in [-0.3, -0.25) is 4.79 Å². The molecule has 5 nitrogen and oxygen atoms in total. The van der Waals surface area contributed by atoms with Crippen molar-refractivity contribution in [1.82, 2.24) is 15.3 Å². The Morgan fingerprint density at radius 2 is 2.05 bits per heavy atom. The number of rotatable bonds is 3. The maximum Gasteiger partial charge on any atom is 0.227 e. The summed E-state index contributed by atoms with van der Waals surface area (Å²) in [6.07, 6.45) is 4.25. The fraction of sp³-hybridized carbons (Fsp3) is 0.667. The minimum Gasteiger partial charge on any atom is -0.355 e. The first-order valence-electron chi connectivity index (χ1n) is 7.32. The second kappa shape index (κ2) is 4.72. The van der Waals surface area contributed by atoms with E-state index >= 15 is 0 Å². The van der Waals surface area contributed by atoms with E-state index in [-0.39, 0.29) is 17.4 Å². The van der Waals surface area contributed by atoms with Crippen LogP contribution in [-0.2, 0) is 4.79 Å². The van der Waals surface area contributed by atoms with Gasteiger partial charge in [0.1, 0.15) is 11.6 Å². The highest BCUT2D eigenvalue weighted by molar-refractivity contribution is 5.82. The molecule has 1 aromatic heterocycles. The zero-order valence-corrected chi connectivity index (χ0v) is 12.4. The van der Waals surface area contributed by atoms with Gasteiger partial charge in [-0.25, -0.2) is 9.97 Å². The van der Waals surface area contributed by atoms with Crippen molar-refractivity contribution in [1.29, 1.82) is 0 Å². The van der Waals surface area contributed by atoms with Gasteiger partial charge < -0.3 is 10.2 Å². The van der Waals surface area contributed by atoms with Gasteiger partial charge in [-0.15, -0.1) is 0 Å². The van der Waals surface area contributed by atoms with Crippen molar-refractivity contribution in [3.05, 3.63) is 18.1 Å². The van der Waals surface area contributed by atoms with E-state index in [1.54, 1.807) is 0 Å². The average molecular weight is 274 g/mol. The number of hydrogen-bond acceptors (Lipinski definition) is 4. The quantitative estimate of drug-likeness (QED) is 0.911. The van der Waals surface area contributed by atoms with Gasteiger partial charge in [-0.05, 0) is 39.7 Å². The number of anilines is 1. The molecule has 2 fully saturated rings. The Morgan fingerprint density at radius 3 is 2.65 bits per heavy atom. The van der Waals surface area contributed by atoms with Crippen molar-refractivity contribution in [3.8, 4) is 0 Å². The number of carbonyl (C=O) groups is 1. The largest absolute Gasteiger partial charge is 0.355 e. The van der Waals surface area contributed by atoms with E-state index in [9.17, 15) is 4.79 Å². The third kappa shape index (κ3) is 2.92. The first-order valence-corrected chi connectivity index (χ1v) is 7.32. The van der Waals surface area contributed by atoms with Crippen LogP contribution < -0.4 is 10.2 Å². The summed E-state index contributed by atoms with van der Waals surface area (Å²) < 4.78 is 0. The summed E-state index contributed by atoms with van der Waals surface area (Å²) in [5.74, 6) is 2.71. The van der Waals surface area contributed by atoms with Crippen molar-refractivity contribution in [2.24, 2.45) is 5.92 Å². The van der Waals surface area contributed by atoms with E-state index in [4.69, 9.17) is 0 Å². The first kappa shape index (κ1) is 13.3. The normalized spacial score (nSPS) is 19.6. The minimum atomic E-state index is -0.161. The van der Waals surface area contributed by atoms with E-state index in [1.165, 1.54) is 12.8 Å². The van der Waals surface area contributed by atoms with E-state index in [0.717, 1.165) is 24.7 Å². The zero-order valence-electron chi connectivity index (χ0n) is 12.4. The van der Waals surface area contributed by atoms with E-state index in [1.807, 2.05) is 33.0 Å². The summed E-state index contributed by atoms with van der Waals surface area (Å²) >= 11 is 0. The molecule has 0 atom stereocenters. The Kier molecular flexibility index (Phi) is 3.15. The Labute approximate surface area is 119 Å². The van der Waals surface area contributed by atoms with Crippen LogP contribution in [0.25, 0.3) is 0 Å². The van der Waals surface area contributed by atoms with Gasteiger partial charge in [-0.2, -0.15) is 0 Å². The molecule has 1 aliphatic heterocycles. The SMILES string of the molecule is CC(C)(C)NC(=O)C1CN(c2ccnc(C3CC3)n2)C1. The van der Waals surface area contributed by atoms with Crippen LogP contribution in [-0.4, -0.2) is 34.5 Å². The van der Waals surface area contributed by atoms with E-state index in [2.05, 4.69) is 20.2 Å². The summed E-state index contributed by atoms with van der Waals surface area (Å²) in [4.78, 5) is 23.1. The lowest BCUT2D eigenvalue weighted by molar-refractivity contribution is -0.127. The molecule has 0 aromatic carbocycles. The summed E-state index contributed by atoms with van der Waals surface area (Å²) in [7, 11) is 0. The van der Waals surface area contributed by atoms with Gasteiger partial charge in [-0.1, -0.05) is 0 Å². The Hall–Kier alpha value is -1.65. The molecule has 1 amide bonds. The van der Waals surface area contributed by atoms with Gasteiger partial charge in [0.2, 0.25) is 5.91 Å². The molecule has 20 heavy (non-hydrogen) atoms. The van der Waals surface area contributed by atoms with Gasteiger partial charge in [0.05, 0.1) is 5.92 Å². The molecule has 0 radical (unpaired) electrons. The third-order valence-corrected chi connectivity index (χ3v) is 3.68. The van der Waals surface area contributed by atoms with Crippen LogP contribution in [0, 0.1) is 5.92 Å². The van der Waals surface area contributed by atoms with Crippen LogP contribution in [0.5, 0.6) is 0 Å². The molecule has 5 heteroatoms. The Bertz CT molecular complexity index is 513. The lowest BCUT2D eigenvalue weighted by atomic mass is 9.97.